The van der Waals surface area contributed by atoms with Crippen LogP contribution in [0.5, 0.6) is 0 Å². The molecule has 5 nitrogen and oxygen atoms in total. The summed E-state index contributed by atoms with van der Waals surface area (Å²) in [5.41, 5.74) is 2.30. The number of carbonyl (C=O) groups is 2. The molecule has 0 aliphatic carbocycles. The molecule has 1 aliphatic heterocycles. The Kier molecular flexibility index (Phi) is 4.89. The molecule has 1 fully saturated rings. The number of hydrogen-bond donors (Lipinski definition) is 1. The third kappa shape index (κ3) is 3.62. The van der Waals surface area contributed by atoms with Crippen molar-refractivity contribution in [2.24, 2.45) is 0 Å². The summed E-state index contributed by atoms with van der Waals surface area (Å²) < 4.78 is 0. The summed E-state index contributed by atoms with van der Waals surface area (Å²) in [6, 6.07) is 12.6. The van der Waals surface area contributed by atoms with E-state index in [9.17, 15) is 9.59 Å². The van der Waals surface area contributed by atoms with E-state index in [-0.39, 0.29) is 17.5 Å². The van der Waals surface area contributed by atoms with Crippen LogP contribution in [0.1, 0.15) is 45.8 Å². The quantitative estimate of drug-likeness (QED) is 0.943. The maximum Gasteiger partial charge on any atom is 0.274 e. The van der Waals surface area contributed by atoms with Gasteiger partial charge < -0.3 is 10.2 Å². The first kappa shape index (κ1) is 16.2. The van der Waals surface area contributed by atoms with Crippen LogP contribution in [0.2, 0.25) is 0 Å². The van der Waals surface area contributed by atoms with Crippen molar-refractivity contribution < 1.29 is 9.59 Å². The second-order valence-corrected chi connectivity index (χ2v) is 6.03. The van der Waals surface area contributed by atoms with Crippen molar-refractivity contribution in [2.45, 2.75) is 26.2 Å². The van der Waals surface area contributed by atoms with Crippen LogP contribution in [0.3, 0.4) is 0 Å². The van der Waals surface area contributed by atoms with Gasteiger partial charge in [-0.3, -0.25) is 9.59 Å². The van der Waals surface area contributed by atoms with Crippen molar-refractivity contribution in [3.05, 3.63) is 59.4 Å². The minimum Gasteiger partial charge on any atom is -0.337 e. The topological polar surface area (TPSA) is 62.3 Å². The molecule has 2 amide bonds. The summed E-state index contributed by atoms with van der Waals surface area (Å²) in [5.74, 6) is -0.405. The zero-order chi connectivity index (χ0) is 16.9. The monoisotopic (exact) mass is 323 g/mol. The molecule has 0 bridgehead atoms. The van der Waals surface area contributed by atoms with Crippen LogP contribution in [-0.2, 0) is 0 Å². The number of piperidine rings is 1. The van der Waals surface area contributed by atoms with Gasteiger partial charge in [0.1, 0.15) is 11.4 Å². The largest absolute Gasteiger partial charge is 0.337 e. The first-order valence-electron chi connectivity index (χ1n) is 8.28. The van der Waals surface area contributed by atoms with Gasteiger partial charge >= 0.3 is 0 Å². The highest BCUT2D eigenvalue weighted by molar-refractivity contribution is 6.04. The minimum atomic E-state index is -0.308. The van der Waals surface area contributed by atoms with Crippen LogP contribution >= 0.6 is 0 Å². The van der Waals surface area contributed by atoms with Crippen molar-refractivity contribution in [3.8, 4) is 0 Å². The lowest BCUT2D eigenvalue weighted by Gasteiger charge is -2.26. The van der Waals surface area contributed by atoms with Gasteiger partial charge in [0, 0.05) is 18.8 Å². The molecule has 3 rings (SSSR count). The number of nitrogens with one attached hydrogen (secondary N) is 1. The summed E-state index contributed by atoms with van der Waals surface area (Å²) in [4.78, 5) is 31.0. The molecule has 0 saturated carbocycles. The van der Waals surface area contributed by atoms with E-state index in [0.29, 0.717) is 5.69 Å². The van der Waals surface area contributed by atoms with Crippen LogP contribution < -0.4 is 5.32 Å². The zero-order valence-electron chi connectivity index (χ0n) is 13.8. The Hall–Kier alpha value is -2.69. The van der Waals surface area contributed by atoms with E-state index in [2.05, 4.69) is 10.3 Å². The number of pyridine rings is 1. The number of aryl methyl sites for hydroxylation is 1. The lowest BCUT2D eigenvalue weighted by atomic mass is 10.1. The predicted octanol–water partition coefficient (Wildman–Crippen LogP) is 3.27. The van der Waals surface area contributed by atoms with E-state index in [1.807, 2.05) is 36.1 Å². The molecular formula is C19H21N3O2. The highest BCUT2D eigenvalue weighted by atomic mass is 16.2. The van der Waals surface area contributed by atoms with Gasteiger partial charge in [-0.15, -0.1) is 0 Å². The summed E-state index contributed by atoms with van der Waals surface area (Å²) in [7, 11) is 0. The molecule has 0 atom stereocenters. The molecule has 2 aromatic rings. The molecule has 124 valence electrons. The van der Waals surface area contributed by atoms with E-state index < -0.39 is 0 Å². The van der Waals surface area contributed by atoms with Gasteiger partial charge in [0.15, 0.2) is 0 Å². The van der Waals surface area contributed by atoms with E-state index in [4.69, 9.17) is 0 Å². The Morgan fingerprint density at radius 3 is 2.42 bits per heavy atom. The second kappa shape index (κ2) is 7.25. The van der Waals surface area contributed by atoms with Crippen LogP contribution in [-0.4, -0.2) is 34.8 Å². The highest BCUT2D eigenvalue weighted by Gasteiger charge is 2.20. The smallest absolute Gasteiger partial charge is 0.274 e. The molecular weight excluding hydrogens is 302 g/mol. The number of rotatable bonds is 3. The van der Waals surface area contributed by atoms with Gasteiger partial charge in [-0.05, 0) is 49.9 Å². The molecule has 0 radical (unpaired) electrons. The molecule has 24 heavy (non-hydrogen) atoms. The maximum atomic E-state index is 12.5. The number of carbonyl (C=O) groups excluding carboxylic acids is 2. The Labute approximate surface area is 141 Å². The Bertz CT molecular complexity index is 752. The molecule has 1 N–H and O–H groups in total. The van der Waals surface area contributed by atoms with Crippen molar-refractivity contribution in [1.82, 2.24) is 9.88 Å². The Balaban J connectivity index is 1.76. The number of aromatic nitrogens is 1. The van der Waals surface area contributed by atoms with Gasteiger partial charge in [0.05, 0.1) is 0 Å². The fraction of sp³-hybridized carbons (Fsp3) is 0.316. The minimum absolute atomic E-state index is 0.0970. The van der Waals surface area contributed by atoms with Gasteiger partial charge in [0.25, 0.3) is 11.8 Å². The van der Waals surface area contributed by atoms with E-state index in [1.165, 1.54) is 0 Å². The normalized spacial score (nSPS) is 14.3. The summed E-state index contributed by atoms with van der Waals surface area (Å²) in [5, 5.41) is 2.85. The highest BCUT2D eigenvalue weighted by Crippen LogP contribution is 2.15. The molecule has 1 saturated heterocycles. The van der Waals surface area contributed by atoms with Crippen molar-refractivity contribution in [3.63, 3.8) is 0 Å². The van der Waals surface area contributed by atoms with Crippen LogP contribution in [0, 0.1) is 6.92 Å². The number of anilines is 1. The van der Waals surface area contributed by atoms with E-state index >= 15 is 0 Å². The van der Waals surface area contributed by atoms with Gasteiger partial charge in [0.2, 0.25) is 0 Å². The zero-order valence-corrected chi connectivity index (χ0v) is 13.8. The van der Waals surface area contributed by atoms with Gasteiger partial charge in [-0.25, -0.2) is 4.98 Å². The molecule has 2 heterocycles. The summed E-state index contributed by atoms with van der Waals surface area (Å²) >= 11 is 0. The van der Waals surface area contributed by atoms with E-state index in [0.717, 1.165) is 43.6 Å². The molecule has 5 heteroatoms. The van der Waals surface area contributed by atoms with Crippen LogP contribution in [0.4, 0.5) is 5.69 Å². The van der Waals surface area contributed by atoms with Crippen molar-refractivity contribution >= 4 is 17.5 Å². The van der Waals surface area contributed by atoms with Crippen molar-refractivity contribution in [2.75, 3.05) is 18.4 Å². The van der Waals surface area contributed by atoms with E-state index in [1.54, 1.807) is 18.2 Å². The van der Waals surface area contributed by atoms with Crippen LogP contribution in [0.25, 0.3) is 0 Å². The second-order valence-electron chi connectivity index (χ2n) is 6.03. The SMILES string of the molecule is Cc1ccccc1NC(=O)c1cccc(C(=O)N2CCCCC2)n1. The summed E-state index contributed by atoms with van der Waals surface area (Å²) in [6.45, 7) is 3.46. The standard InChI is InChI=1S/C19H21N3O2/c1-14-8-3-4-9-15(14)21-18(23)16-10-7-11-17(20-16)19(24)22-12-5-2-6-13-22/h3-4,7-11H,2,5-6,12-13H2,1H3,(H,21,23). The maximum absolute atomic E-state index is 12.5. The number of para-hydroxylation sites is 1. The lowest BCUT2D eigenvalue weighted by molar-refractivity contribution is 0.0718. The predicted molar refractivity (Wildman–Crippen MR) is 93.1 cm³/mol. The van der Waals surface area contributed by atoms with Gasteiger partial charge in [-0.2, -0.15) is 0 Å². The molecule has 1 aromatic heterocycles. The van der Waals surface area contributed by atoms with Gasteiger partial charge in [-0.1, -0.05) is 24.3 Å². The molecule has 1 aliphatic rings. The average molecular weight is 323 g/mol. The fourth-order valence-electron chi connectivity index (χ4n) is 2.84. The Morgan fingerprint density at radius 1 is 0.958 bits per heavy atom. The number of benzene rings is 1. The van der Waals surface area contributed by atoms with Crippen LogP contribution in [0.15, 0.2) is 42.5 Å². The number of hydrogen-bond acceptors (Lipinski definition) is 3. The first-order valence-corrected chi connectivity index (χ1v) is 8.28. The Morgan fingerprint density at radius 2 is 1.67 bits per heavy atom. The molecule has 0 unspecified atom stereocenters. The molecule has 1 aromatic carbocycles. The fourth-order valence-corrected chi connectivity index (χ4v) is 2.84. The lowest BCUT2D eigenvalue weighted by Crippen LogP contribution is -2.36. The van der Waals surface area contributed by atoms with Crippen molar-refractivity contribution in [1.29, 1.82) is 0 Å². The number of nitrogens with zero attached hydrogens (tertiary/aromatic N) is 2. The number of likely N-dealkylation sites (tertiary alicyclic amines) is 1. The summed E-state index contributed by atoms with van der Waals surface area (Å²) in [6.07, 6.45) is 3.22. The number of amides is 2. The molecule has 0 spiro atoms. The average Bonchev–Trinajstić information content (AvgIpc) is 2.64. The third-order valence-electron chi connectivity index (χ3n) is 4.24. The first-order chi connectivity index (χ1) is 11.6. The third-order valence-corrected chi connectivity index (χ3v) is 4.24.